The molecule has 0 saturated carbocycles. The molecule has 3 heteroatoms. The minimum absolute atomic E-state index is 0.613. The largest absolute Gasteiger partial charge is 0.335 e. The Labute approximate surface area is 76.2 Å². The highest BCUT2D eigenvalue weighted by molar-refractivity contribution is 5.81. The van der Waals surface area contributed by atoms with Gasteiger partial charge in [0.2, 0.25) is 0 Å². The van der Waals surface area contributed by atoms with Crippen molar-refractivity contribution in [2.75, 3.05) is 0 Å². The lowest BCUT2D eigenvalue weighted by molar-refractivity contribution is 0.944. The fraction of sp³-hybridized carbons (Fsp3) is 0.200. The number of rotatable bonds is 0. The van der Waals surface area contributed by atoms with Gasteiger partial charge >= 0.3 is 0 Å². The summed E-state index contributed by atoms with van der Waals surface area (Å²) < 4.78 is 1.96. The summed E-state index contributed by atoms with van der Waals surface area (Å²) in [4.78, 5) is 4.21. The average Bonchev–Trinajstić information content (AvgIpc) is 2.42. The normalized spacial score (nSPS) is 10.2. The Morgan fingerprint density at radius 1 is 1.54 bits per heavy atom. The van der Waals surface area contributed by atoms with Crippen LogP contribution in [-0.4, -0.2) is 9.55 Å². The average molecular weight is 171 g/mol. The van der Waals surface area contributed by atoms with Crippen LogP contribution in [0.3, 0.4) is 0 Å². The number of aryl methyl sites for hydroxylation is 2. The van der Waals surface area contributed by atoms with E-state index < -0.39 is 0 Å². The Bertz CT molecular complexity index is 503. The summed E-state index contributed by atoms with van der Waals surface area (Å²) in [6.45, 7) is 2.02. The highest BCUT2D eigenvalue weighted by Gasteiger charge is 2.04. The van der Waals surface area contributed by atoms with Gasteiger partial charge in [0, 0.05) is 24.8 Å². The number of aromatic nitrogens is 2. The molecule has 2 aromatic rings. The Morgan fingerprint density at radius 3 is 3.00 bits per heavy atom. The van der Waals surface area contributed by atoms with Crippen molar-refractivity contribution in [2.45, 2.75) is 6.92 Å². The Morgan fingerprint density at radius 2 is 2.31 bits per heavy atom. The molecule has 0 aliphatic heterocycles. The summed E-state index contributed by atoms with van der Waals surface area (Å²) in [7, 11) is 1.95. The molecular formula is C10H9N3. The number of pyridine rings is 1. The lowest BCUT2D eigenvalue weighted by atomic mass is 10.2. The maximum Gasteiger partial charge on any atom is 0.139 e. The Hall–Kier alpha value is -1.82. The van der Waals surface area contributed by atoms with Crippen LogP contribution in [0.2, 0.25) is 0 Å². The molecule has 0 saturated heterocycles. The summed E-state index contributed by atoms with van der Waals surface area (Å²) in [5, 5.41) is 9.75. The molecule has 0 aliphatic carbocycles. The molecule has 0 N–H and O–H groups in total. The molecule has 3 nitrogen and oxygen atoms in total. The molecule has 0 unspecified atom stereocenters. The van der Waals surface area contributed by atoms with Crippen LogP contribution in [-0.2, 0) is 7.05 Å². The smallest absolute Gasteiger partial charge is 0.139 e. The predicted octanol–water partition coefficient (Wildman–Crippen LogP) is 1.75. The van der Waals surface area contributed by atoms with Crippen molar-refractivity contribution in [3.63, 3.8) is 0 Å². The van der Waals surface area contributed by atoms with Crippen LogP contribution in [0.25, 0.3) is 11.0 Å². The van der Waals surface area contributed by atoms with E-state index in [2.05, 4.69) is 11.1 Å². The SMILES string of the molecule is Cc1cn(C)c2ncc(C#N)cc12. The molecule has 0 radical (unpaired) electrons. The second-order valence-corrected chi connectivity index (χ2v) is 3.13. The zero-order valence-electron chi connectivity index (χ0n) is 7.57. The first kappa shape index (κ1) is 7.81. The van der Waals surface area contributed by atoms with Crippen LogP contribution in [0.5, 0.6) is 0 Å². The van der Waals surface area contributed by atoms with Gasteiger partial charge in [-0.25, -0.2) is 4.98 Å². The first-order valence-corrected chi connectivity index (χ1v) is 4.04. The molecule has 0 aliphatic rings. The molecule has 0 aromatic carbocycles. The zero-order chi connectivity index (χ0) is 9.42. The standard InChI is InChI=1S/C10H9N3/c1-7-6-13(2)10-9(7)3-8(4-11)5-12-10/h3,5-6H,1-2H3. The quantitative estimate of drug-likeness (QED) is 0.606. The third-order valence-corrected chi connectivity index (χ3v) is 2.14. The van der Waals surface area contributed by atoms with E-state index in [4.69, 9.17) is 5.26 Å². The van der Waals surface area contributed by atoms with Crippen molar-refractivity contribution in [3.05, 3.63) is 29.6 Å². The maximum atomic E-state index is 8.70. The van der Waals surface area contributed by atoms with E-state index in [1.807, 2.05) is 30.8 Å². The van der Waals surface area contributed by atoms with Crippen molar-refractivity contribution in [2.24, 2.45) is 7.05 Å². The van der Waals surface area contributed by atoms with Gasteiger partial charge in [-0.1, -0.05) is 0 Å². The summed E-state index contributed by atoms with van der Waals surface area (Å²) in [6, 6.07) is 3.96. The highest BCUT2D eigenvalue weighted by atomic mass is 15.0. The van der Waals surface area contributed by atoms with Crippen LogP contribution in [0.4, 0.5) is 0 Å². The van der Waals surface area contributed by atoms with E-state index in [1.165, 1.54) is 0 Å². The molecule has 2 aromatic heterocycles. The maximum absolute atomic E-state index is 8.70. The monoisotopic (exact) mass is 171 g/mol. The number of nitriles is 1. The highest BCUT2D eigenvalue weighted by Crippen LogP contribution is 2.18. The van der Waals surface area contributed by atoms with Crippen LogP contribution >= 0.6 is 0 Å². The lowest BCUT2D eigenvalue weighted by Crippen LogP contribution is -1.87. The van der Waals surface area contributed by atoms with Gasteiger partial charge in [0.25, 0.3) is 0 Å². The zero-order valence-corrected chi connectivity index (χ0v) is 7.57. The molecule has 64 valence electrons. The van der Waals surface area contributed by atoms with Gasteiger partial charge in [-0.2, -0.15) is 5.26 Å². The Kier molecular flexibility index (Phi) is 1.56. The second-order valence-electron chi connectivity index (χ2n) is 3.13. The van der Waals surface area contributed by atoms with Gasteiger partial charge in [0.15, 0.2) is 0 Å². The summed E-state index contributed by atoms with van der Waals surface area (Å²) in [5.74, 6) is 0. The van der Waals surface area contributed by atoms with E-state index in [1.54, 1.807) is 6.20 Å². The van der Waals surface area contributed by atoms with E-state index in [-0.39, 0.29) is 0 Å². The predicted molar refractivity (Wildman–Crippen MR) is 50.2 cm³/mol. The van der Waals surface area contributed by atoms with Crippen LogP contribution in [0.15, 0.2) is 18.5 Å². The van der Waals surface area contributed by atoms with Crippen molar-refractivity contribution in [1.82, 2.24) is 9.55 Å². The first-order chi connectivity index (χ1) is 6.22. The summed E-state index contributed by atoms with van der Waals surface area (Å²) in [5.41, 5.74) is 2.69. The van der Waals surface area contributed by atoms with Gasteiger partial charge in [-0.15, -0.1) is 0 Å². The Balaban J connectivity index is 2.86. The van der Waals surface area contributed by atoms with E-state index in [9.17, 15) is 0 Å². The summed E-state index contributed by atoms with van der Waals surface area (Å²) in [6.07, 6.45) is 3.61. The van der Waals surface area contributed by atoms with Crippen LogP contribution < -0.4 is 0 Å². The van der Waals surface area contributed by atoms with Gasteiger partial charge in [-0.3, -0.25) is 0 Å². The molecular weight excluding hydrogens is 162 g/mol. The molecule has 13 heavy (non-hydrogen) atoms. The fourth-order valence-electron chi connectivity index (χ4n) is 1.51. The molecule has 0 amide bonds. The minimum atomic E-state index is 0.613. The van der Waals surface area contributed by atoms with Crippen LogP contribution in [0.1, 0.15) is 11.1 Å². The van der Waals surface area contributed by atoms with Gasteiger partial charge in [0.1, 0.15) is 11.7 Å². The van der Waals surface area contributed by atoms with Crippen molar-refractivity contribution >= 4 is 11.0 Å². The van der Waals surface area contributed by atoms with Gasteiger partial charge in [0.05, 0.1) is 5.56 Å². The lowest BCUT2D eigenvalue weighted by Gasteiger charge is -1.94. The number of fused-ring (bicyclic) bond motifs is 1. The molecule has 2 rings (SSSR count). The van der Waals surface area contributed by atoms with Gasteiger partial charge in [-0.05, 0) is 18.6 Å². The number of nitrogens with zero attached hydrogens (tertiary/aromatic N) is 3. The fourth-order valence-corrected chi connectivity index (χ4v) is 1.51. The van der Waals surface area contributed by atoms with Crippen molar-refractivity contribution in [3.8, 4) is 6.07 Å². The minimum Gasteiger partial charge on any atom is -0.335 e. The number of hydrogen-bond acceptors (Lipinski definition) is 2. The third kappa shape index (κ3) is 1.07. The molecule has 0 bridgehead atoms. The summed E-state index contributed by atoms with van der Waals surface area (Å²) >= 11 is 0. The topological polar surface area (TPSA) is 41.6 Å². The molecule has 0 atom stereocenters. The number of hydrogen-bond donors (Lipinski definition) is 0. The van der Waals surface area contributed by atoms with Crippen molar-refractivity contribution < 1.29 is 0 Å². The molecule has 0 spiro atoms. The molecule has 2 heterocycles. The van der Waals surface area contributed by atoms with Crippen LogP contribution in [0, 0.1) is 18.3 Å². The second kappa shape index (κ2) is 2.60. The van der Waals surface area contributed by atoms with Gasteiger partial charge < -0.3 is 4.57 Å². The van der Waals surface area contributed by atoms with Crippen molar-refractivity contribution in [1.29, 1.82) is 5.26 Å². The first-order valence-electron chi connectivity index (χ1n) is 4.04. The van der Waals surface area contributed by atoms with E-state index >= 15 is 0 Å². The van der Waals surface area contributed by atoms with E-state index in [0.29, 0.717) is 5.56 Å². The third-order valence-electron chi connectivity index (χ3n) is 2.14. The van der Waals surface area contributed by atoms with E-state index in [0.717, 1.165) is 16.6 Å². The molecule has 0 fully saturated rings.